The van der Waals surface area contributed by atoms with Crippen LogP contribution in [0.1, 0.15) is 42.5 Å². The molecule has 4 aromatic carbocycles. The Hall–Kier alpha value is -3.69. The quantitative estimate of drug-likeness (QED) is 0.308. The van der Waals surface area contributed by atoms with Crippen molar-refractivity contribution in [1.82, 2.24) is 4.90 Å². The lowest BCUT2D eigenvalue weighted by atomic mass is 9.77. The fourth-order valence-corrected chi connectivity index (χ4v) is 5.73. The van der Waals surface area contributed by atoms with Crippen molar-refractivity contribution in [2.24, 2.45) is 5.92 Å². The molecule has 0 bridgehead atoms. The zero-order chi connectivity index (χ0) is 24.4. The van der Waals surface area contributed by atoms with Gasteiger partial charge in [0, 0.05) is 6.54 Å². The first-order chi connectivity index (χ1) is 17.0. The van der Waals surface area contributed by atoms with Crippen molar-refractivity contribution < 1.29 is 9.90 Å². The van der Waals surface area contributed by atoms with E-state index in [0.29, 0.717) is 13.0 Å². The number of carbonyl (C=O) groups is 1. The summed E-state index contributed by atoms with van der Waals surface area (Å²) < 4.78 is 0. The predicted molar refractivity (Wildman–Crippen MR) is 141 cm³/mol. The van der Waals surface area contributed by atoms with Gasteiger partial charge in [0.15, 0.2) is 0 Å². The van der Waals surface area contributed by atoms with Crippen LogP contribution in [0.3, 0.4) is 0 Å². The number of hydrogen-bond acceptors (Lipinski definition) is 2. The van der Waals surface area contributed by atoms with E-state index in [1.54, 1.807) is 0 Å². The van der Waals surface area contributed by atoms with Crippen LogP contribution >= 0.6 is 0 Å². The molecule has 4 aromatic rings. The Bertz CT molecular complexity index is 1270. The third-order valence-electron chi connectivity index (χ3n) is 7.10. The molecule has 0 radical (unpaired) electrons. The van der Waals surface area contributed by atoms with Gasteiger partial charge in [-0.25, -0.2) is 0 Å². The highest BCUT2D eigenvalue weighted by atomic mass is 16.4. The molecule has 35 heavy (non-hydrogen) atoms. The Kier molecular flexibility index (Phi) is 6.27. The second-order valence-corrected chi connectivity index (χ2v) is 9.76. The maximum atomic E-state index is 13.0. The second-order valence-electron chi connectivity index (χ2n) is 9.76. The normalized spacial score (nSPS) is 14.5. The summed E-state index contributed by atoms with van der Waals surface area (Å²) in [5.41, 5.74) is 6.06. The van der Waals surface area contributed by atoms with E-state index in [1.165, 1.54) is 11.1 Å². The number of hydrogen-bond donors (Lipinski definition) is 1. The molecule has 1 N–H and O–H groups in total. The Balaban J connectivity index is 1.86. The van der Waals surface area contributed by atoms with Crippen molar-refractivity contribution in [3.05, 3.63) is 131 Å². The topological polar surface area (TPSA) is 40.5 Å². The number of rotatable bonds is 8. The molecule has 0 saturated carbocycles. The molecule has 0 fully saturated rings. The van der Waals surface area contributed by atoms with Crippen LogP contribution in [0.15, 0.2) is 109 Å². The number of carboxylic acids is 1. The molecule has 0 aliphatic heterocycles. The summed E-state index contributed by atoms with van der Waals surface area (Å²) in [6.45, 7) is 4.72. The van der Waals surface area contributed by atoms with Crippen molar-refractivity contribution in [2.75, 3.05) is 0 Å². The largest absolute Gasteiger partial charge is 0.480 e. The van der Waals surface area contributed by atoms with Crippen LogP contribution in [0.4, 0.5) is 0 Å². The zero-order valence-electron chi connectivity index (χ0n) is 20.3. The van der Waals surface area contributed by atoms with Gasteiger partial charge < -0.3 is 5.11 Å². The van der Waals surface area contributed by atoms with Gasteiger partial charge in [-0.1, -0.05) is 123 Å². The van der Waals surface area contributed by atoms with Gasteiger partial charge >= 0.3 is 5.97 Å². The van der Waals surface area contributed by atoms with Gasteiger partial charge in [-0.2, -0.15) is 0 Å². The van der Waals surface area contributed by atoms with E-state index in [1.807, 2.05) is 24.3 Å². The third kappa shape index (κ3) is 3.96. The van der Waals surface area contributed by atoms with E-state index in [0.717, 1.165) is 22.3 Å². The van der Waals surface area contributed by atoms with E-state index in [2.05, 4.69) is 104 Å². The van der Waals surface area contributed by atoms with E-state index in [4.69, 9.17) is 0 Å². The van der Waals surface area contributed by atoms with Crippen molar-refractivity contribution >= 4 is 5.97 Å². The van der Waals surface area contributed by atoms with Gasteiger partial charge in [0.25, 0.3) is 0 Å². The molecule has 0 spiro atoms. The van der Waals surface area contributed by atoms with Crippen LogP contribution in [-0.2, 0) is 16.9 Å². The van der Waals surface area contributed by atoms with Crippen molar-refractivity contribution in [3.8, 4) is 11.1 Å². The lowest BCUT2D eigenvalue weighted by molar-refractivity contribution is -0.146. The molecule has 1 aliphatic carbocycles. The molecule has 176 valence electrons. The predicted octanol–water partition coefficient (Wildman–Crippen LogP) is 6.96. The van der Waals surface area contributed by atoms with Crippen LogP contribution in [0.2, 0.25) is 0 Å². The molecule has 0 saturated heterocycles. The standard InChI is InChI=1S/C32H31NO2/c1-23(2)21-30(31(34)35)33(22-24-13-5-3-6-14-24)32(25-15-7-4-8-16-25)28-19-11-9-17-26(28)27-18-10-12-20-29(27)32/h3-20,23,30H,21-22H2,1-2H3,(H,34,35)/t30-/m0/s1. The summed E-state index contributed by atoms with van der Waals surface area (Å²) in [7, 11) is 0. The summed E-state index contributed by atoms with van der Waals surface area (Å²) in [6.07, 6.45) is 0.557. The van der Waals surface area contributed by atoms with E-state index >= 15 is 0 Å². The summed E-state index contributed by atoms with van der Waals surface area (Å²) in [4.78, 5) is 15.2. The molecule has 3 nitrogen and oxygen atoms in total. The number of carboxylic acid groups (broad SMARTS) is 1. The van der Waals surface area contributed by atoms with E-state index in [-0.39, 0.29) is 5.92 Å². The first-order valence-corrected chi connectivity index (χ1v) is 12.3. The van der Waals surface area contributed by atoms with Gasteiger partial charge in [-0.15, -0.1) is 0 Å². The Labute approximate surface area is 207 Å². The third-order valence-corrected chi connectivity index (χ3v) is 7.10. The molecule has 0 unspecified atom stereocenters. The number of benzene rings is 4. The maximum Gasteiger partial charge on any atom is 0.320 e. The molecule has 1 atom stereocenters. The summed E-state index contributed by atoms with van der Waals surface area (Å²) >= 11 is 0. The average Bonchev–Trinajstić information content (AvgIpc) is 3.18. The minimum atomic E-state index is -0.785. The van der Waals surface area contributed by atoms with Gasteiger partial charge in [-0.05, 0) is 45.7 Å². The number of fused-ring (bicyclic) bond motifs is 3. The highest BCUT2D eigenvalue weighted by molar-refractivity contribution is 5.84. The molecule has 1 aliphatic rings. The highest BCUT2D eigenvalue weighted by Gasteiger charge is 2.52. The minimum Gasteiger partial charge on any atom is -0.480 e. The Morgan fingerprint density at radius 1 is 0.743 bits per heavy atom. The molecule has 3 heteroatoms. The fraction of sp³-hybridized carbons (Fsp3) is 0.219. The first-order valence-electron chi connectivity index (χ1n) is 12.3. The van der Waals surface area contributed by atoms with Gasteiger partial charge in [0.2, 0.25) is 0 Å². The lowest BCUT2D eigenvalue weighted by Gasteiger charge is -2.47. The van der Waals surface area contributed by atoms with E-state index < -0.39 is 17.6 Å². The Morgan fingerprint density at radius 2 is 1.23 bits per heavy atom. The Morgan fingerprint density at radius 3 is 1.74 bits per heavy atom. The molecule has 0 heterocycles. The lowest BCUT2D eigenvalue weighted by Crippen LogP contribution is -2.54. The SMILES string of the molecule is CC(C)C[C@@H](C(=O)O)N(Cc1ccccc1)C1(c2ccccc2)c2ccccc2-c2ccccc21. The van der Waals surface area contributed by atoms with Crippen molar-refractivity contribution in [1.29, 1.82) is 0 Å². The van der Waals surface area contributed by atoms with Crippen LogP contribution < -0.4 is 0 Å². The van der Waals surface area contributed by atoms with Crippen LogP contribution in [0.5, 0.6) is 0 Å². The maximum absolute atomic E-state index is 13.0. The highest BCUT2D eigenvalue weighted by Crippen LogP contribution is 2.55. The second kappa shape index (κ2) is 9.52. The zero-order valence-corrected chi connectivity index (χ0v) is 20.3. The molecular weight excluding hydrogens is 430 g/mol. The molecular formula is C32H31NO2. The van der Waals surface area contributed by atoms with Crippen molar-refractivity contribution in [2.45, 2.75) is 38.4 Å². The van der Waals surface area contributed by atoms with Crippen LogP contribution in [-0.4, -0.2) is 22.0 Å². The summed E-state index contributed by atoms with van der Waals surface area (Å²) in [6, 6.07) is 36.9. The van der Waals surface area contributed by atoms with Gasteiger partial charge in [0.05, 0.1) is 5.54 Å². The summed E-state index contributed by atoms with van der Waals surface area (Å²) in [5.74, 6) is -0.555. The van der Waals surface area contributed by atoms with Crippen LogP contribution in [0.25, 0.3) is 11.1 Å². The first kappa shape index (κ1) is 23.1. The van der Waals surface area contributed by atoms with Crippen molar-refractivity contribution in [3.63, 3.8) is 0 Å². The summed E-state index contributed by atoms with van der Waals surface area (Å²) in [5, 5.41) is 10.6. The average molecular weight is 462 g/mol. The fourth-order valence-electron chi connectivity index (χ4n) is 5.73. The minimum absolute atomic E-state index is 0.231. The number of aliphatic carboxylic acids is 1. The smallest absolute Gasteiger partial charge is 0.320 e. The van der Waals surface area contributed by atoms with Gasteiger partial charge in [-0.3, -0.25) is 9.69 Å². The van der Waals surface area contributed by atoms with Crippen LogP contribution in [0, 0.1) is 5.92 Å². The van der Waals surface area contributed by atoms with Gasteiger partial charge in [0.1, 0.15) is 6.04 Å². The number of nitrogens with zero attached hydrogens (tertiary/aromatic N) is 1. The molecule has 5 rings (SSSR count). The molecule has 0 amide bonds. The molecule has 0 aromatic heterocycles. The van der Waals surface area contributed by atoms with E-state index in [9.17, 15) is 9.90 Å². The monoisotopic (exact) mass is 461 g/mol.